The average molecular weight is 222 g/mol. The molecule has 0 amide bonds. The molecule has 0 bridgehead atoms. The van der Waals surface area contributed by atoms with Crippen LogP contribution in [0.3, 0.4) is 0 Å². The molecule has 0 aromatic carbocycles. The highest BCUT2D eigenvalue weighted by Crippen LogP contribution is 2.50. The molecule has 1 spiro atoms. The van der Waals surface area contributed by atoms with Crippen LogP contribution in [0.5, 0.6) is 0 Å². The van der Waals surface area contributed by atoms with Crippen molar-refractivity contribution in [3.05, 3.63) is 0 Å². The fourth-order valence-electron chi connectivity index (χ4n) is 2.99. The first-order valence-electron chi connectivity index (χ1n) is 5.66. The predicted molar refractivity (Wildman–Crippen MR) is 50.5 cm³/mol. The fraction of sp³-hybridized carbons (Fsp3) is 1.00. The molecule has 1 aliphatic heterocycles. The lowest BCUT2D eigenvalue weighted by molar-refractivity contribution is -0.197. The van der Waals surface area contributed by atoms with Gasteiger partial charge in [-0.3, -0.25) is 0 Å². The molecule has 1 atom stereocenters. The van der Waals surface area contributed by atoms with Crippen LogP contribution in [0.2, 0.25) is 0 Å². The Morgan fingerprint density at radius 1 is 1.07 bits per heavy atom. The van der Waals surface area contributed by atoms with E-state index in [1.807, 2.05) is 0 Å². The van der Waals surface area contributed by atoms with Crippen molar-refractivity contribution in [2.45, 2.75) is 44.7 Å². The maximum atomic E-state index is 12.6. The van der Waals surface area contributed by atoms with Crippen LogP contribution in [-0.2, 0) is 4.74 Å². The van der Waals surface area contributed by atoms with E-state index in [0.29, 0.717) is 26.1 Å². The highest BCUT2D eigenvalue weighted by atomic mass is 19.4. The molecule has 4 heteroatoms. The van der Waals surface area contributed by atoms with Crippen molar-refractivity contribution < 1.29 is 17.9 Å². The Hall–Kier alpha value is -0.250. The minimum atomic E-state index is -3.99. The van der Waals surface area contributed by atoms with Crippen molar-refractivity contribution in [3.8, 4) is 0 Å². The first kappa shape index (κ1) is 11.2. The average Bonchev–Trinajstić information content (AvgIpc) is 2.18. The molecule has 1 nitrogen and oxygen atoms in total. The van der Waals surface area contributed by atoms with Gasteiger partial charge in [0.1, 0.15) is 0 Å². The lowest BCUT2D eigenvalue weighted by Crippen LogP contribution is -2.39. The van der Waals surface area contributed by atoms with E-state index >= 15 is 0 Å². The summed E-state index contributed by atoms with van der Waals surface area (Å²) in [6.45, 7) is 1.29. The summed E-state index contributed by atoms with van der Waals surface area (Å²) in [5, 5.41) is 0. The van der Waals surface area contributed by atoms with Crippen molar-refractivity contribution >= 4 is 0 Å². The lowest BCUT2D eigenvalue weighted by Gasteiger charge is -2.43. The Kier molecular flexibility index (Phi) is 2.97. The molecule has 1 unspecified atom stereocenters. The van der Waals surface area contributed by atoms with Crippen LogP contribution in [0.4, 0.5) is 13.2 Å². The van der Waals surface area contributed by atoms with E-state index in [0.717, 1.165) is 25.7 Å². The van der Waals surface area contributed by atoms with E-state index in [9.17, 15) is 13.2 Å². The first-order chi connectivity index (χ1) is 7.02. The zero-order chi connectivity index (χ0) is 10.9. The summed E-state index contributed by atoms with van der Waals surface area (Å²) >= 11 is 0. The Balaban J connectivity index is 2.02. The third kappa shape index (κ3) is 2.47. The van der Waals surface area contributed by atoms with Crippen LogP contribution in [0.1, 0.15) is 38.5 Å². The lowest BCUT2D eigenvalue weighted by atomic mass is 9.65. The summed E-state index contributed by atoms with van der Waals surface area (Å²) in [4.78, 5) is 0. The van der Waals surface area contributed by atoms with E-state index in [1.54, 1.807) is 0 Å². The van der Waals surface area contributed by atoms with Crippen molar-refractivity contribution in [3.63, 3.8) is 0 Å². The first-order valence-corrected chi connectivity index (χ1v) is 5.66. The van der Waals surface area contributed by atoms with Gasteiger partial charge in [-0.25, -0.2) is 0 Å². The number of halogens is 3. The van der Waals surface area contributed by atoms with Gasteiger partial charge in [0.2, 0.25) is 0 Å². The highest BCUT2D eigenvalue weighted by Gasteiger charge is 2.47. The molecule has 2 rings (SSSR count). The zero-order valence-corrected chi connectivity index (χ0v) is 8.78. The molecule has 1 heterocycles. The standard InChI is InChI=1S/C11H17F3O/c12-11(13,14)9-2-1-3-10(8-9)4-6-15-7-5-10/h9H,1-8H2. The quantitative estimate of drug-likeness (QED) is 0.609. The van der Waals surface area contributed by atoms with Crippen molar-refractivity contribution in [1.82, 2.24) is 0 Å². The molecule has 15 heavy (non-hydrogen) atoms. The molecule has 0 aromatic heterocycles. The van der Waals surface area contributed by atoms with Gasteiger partial charge in [0.25, 0.3) is 0 Å². The molecule has 88 valence electrons. The second-order valence-corrected chi connectivity index (χ2v) is 4.95. The summed E-state index contributed by atoms with van der Waals surface area (Å²) in [7, 11) is 0. The molecular formula is C11H17F3O. The molecule has 0 N–H and O–H groups in total. The number of rotatable bonds is 0. The van der Waals surface area contributed by atoms with Crippen LogP contribution < -0.4 is 0 Å². The topological polar surface area (TPSA) is 9.23 Å². The minimum Gasteiger partial charge on any atom is -0.381 e. The van der Waals surface area contributed by atoms with Crippen LogP contribution in [0, 0.1) is 11.3 Å². The molecular weight excluding hydrogens is 205 g/mol. The Labute approximate surface area is 88.0 Å². The van der Waals surface area contributed by atoms with Gasteiger partial charge in [-0.2, -0.15) is 13.2 Å². The van der Waals surface area contributed by atoms with E-state index in [-0.39, 0.29) is 5.41 Å². The Morgan fingerprint density at radius 2 is 1.73 bits per heavy atom. The molecule has 1 aliphatic carbocycles. The minimum absolute atomic E-state index is 0.0588. The summed E-state index contributed by atoms with van der Waals surface area (Å²) in [6.07, 6.45) is -0.00995. The van der Waals surface area contributed by atoms with Gasteiger partial charge in [-0.15, -0.1) is 0 Å². The van der Waals surface area contributed by atoms with Gasteiger partial charge in [-0.05, 0) is 37.5 Å². The summed E-state index contributed by atoms with van der Waals surface area (Å²) in [5.74, 6) is -1.07. The van der Waals surface area contributed by atoms with E-state index in [2.05, 4.69) is 0 Å². The van der Waals surface area contributed by atoms with Gasteiger partial charge in [0.05, 0.1) is 5.92 Å². The molecule has 2 fully saturated rings. The predicted octanol–water partition coefficient (Wildman–Crippen LogP) is 3.54. The SMILES string of the molecule is FC(F)(F)C1CCCC2(CCOCC2)C1. The second-order valence-electron chi connectivity index (χ2n) is 4.95. The normalized spacial score (nSPS) is 31.8. The van der Waals surface area contributed by atoms with Gasteiger partial charge >= 0.3 is 6.18 Å². The van der Waals surface area contributed by atoms with Crippen LogP contribution >= 0.6 is 0 Å². The number of hydrogen-bond donors (Lipinski definition) is 0. The van der Waals surface area contributed by atoms with Gasteiger partial charge in [0.15, 0.2) is 0 Å². The smallest absolute Gasteiger partial charge is 0.381 e. The van der Waals surface area contributed by atoms with Crippen molar-refractivity contribution in [2.24, 2.45) is 11.3 Å². The highest BCUT2D eigenvalue weighted by molar-refractivity contribution is 4.90. The van der Waals surface area contributed by atoms with Crippen LogP contribution in [-0.4, -0.2) is 19.4 Å². The van der Waals surface area contributed by atoms with Gasteiger partial charge in [-0.1, -0.05) is 6.42 Å². The van der Waals surface area contributed by atoms with Crippen LogP contribution in [0.25, 0.3) is 0 Å². The zero-order valence-electron chi connectivity index (χ0n) is 8.78. The third-order valence-electron chi connectivity index (χ3n) is 3.96. The molecule has 0 radical (unpaired) electrons. The van der Waals surface area contributed by atoms with Gasteiger partial charge < -0.3 is 4.74 Å². The van der Waals surface area contributed by atoms with E-state index in [4.69, 9.17) is 4.74 Å². The molecule has 2 aliphatic rings. The molecule has 1 saturated carbocycles. The fourth-order valence-corrected chi connectivity index (χ4v) is 2.99. The number of alkyl halides is 3. The molecule has 0 aromatic rings. The van der Waals surface area contributed by atoms with Crippen LogP contribution in [0.15, 0.2) is 0 Å². The largest absolute Gasteiger partial charge is 0.391 e. The van der Waals surface area contributed by atoms with Crippen molar-refractivity contribution in [1.29, 1.82) is 0 Å². The third-order valence-corrected chi connectivity index (χ3v) is 3.96. The monoisotopic (exact) mass is 222 g/mol. The Bertz CT molecular complexity index is 213. The maximum absolute atomic E-state index is 12.6. The van der Waals surface area contributed by atoms with Crippen molar-refractivity contribution in [2.75, 3.05) is 13.2 Å². The van der Waals surface area contributed by atoms with E-state index in [1.165, 1.54) is 0 Å². The summed E-state index contributed by atoms with van der Waals surface area (Å²) in [6, 6.07) is 0. The Morgan fingerprint density at radius 3 is 2.33 bits per heavy atom. The van der Waals surface area contributed by atoms with Gasteiger partial charge in [0, 0.05) is 13.2 Å². The summed E-state index contributed by atoms with van der Waals surface area (Å²) < 4.78 is 43.2. The maximum Gasteiger partial charge on any atom is 0.391 e. The number of hydrogen-bond acceptors (Lipinski definition) is 1. The molecule has 1 saturated heterocycles. The number of ether oxygens (including phenoxy) is 1. The summed E-state index contributed by atoms with van der Waals surface area (Å²) in [5.41, 5.74) is -0.0588. The van der Waals surface area contributed by atoms with E-state index < -0.39 is 12.1 Å². The second kappa shape index (κ2) is 3.96.